The summed E-state index contributed by atoms with van der Waals surface area (Å²) in [7, 11) is 1.90. The lowest BCUT2D eigenvalue weighted by Gasteiger charge is -2.05. The van der Waals surface area contributed by atoms with E-state index in [1.165, 1.54) is 5.56 Å². The van der Waals surface area contributed by atoms with E-state index >= 15 is 0 Å². The fourth-order valence-corrected chi connectivity index (χ4v) is 1.50. The number of nitrogens with zero attached hydrogens (tertiary/aromatic N) is 2. The summed E-state index contributed by atoms with van der Waals surface area (Å²) in [5, 5.41) is 10.1. The van der Waals surface area contributed by atoms with Crippen LogP contribution >= 0.6 is 0 Å². The molecule has 1 aromatic heterocycles. The van der Waals surface area contributed by atoms with Crippen LogP contribution < -0.4 is 10.6 Å². The smallest absolute Gasteiger partial charge is 0.233 e. The number of aryl methyl sites for hydroxylation is 1. The van der Waals surface area contributed by atoms with Crippen LogP contribution in [0.25, 0.3) is 0 Å². The van der Waals surface area contributed by atoms with E-state index in [1.807, 2.05) is 19.4 Å². The number of hydrogen-bond acceptors (Lipinski definition) is 3. The monoisotopic (exact) mass is 238 g/mol. The summed E-state index contributed by atoms with van der Waals surface area (Å²) in [6.07, 6.45) is 6.89. The third-order valence-electron chi connectivity index (χ3n) is 2.49. The van der Waals surface area contributed by atoms with Crippen molar-refractivity contribution in [1.82, 2.24) is 20.4 Å². The first kappa shape index (κ1) is 13.7. The van der Waals surface area contributed by atoms with Gasteiger partial charge in [-0.25, -0.2) is 0 Å². The molecule has 0 bridgehead atoms. The lowest BCUT2D eigenvalue weighted by molar-refractivity contribution is -0.120. The number of nitrogens with one attached hydrogen (secondary N) is 2. The van der Waals surface area contributed by atoms with Gasteiger partial charge in [0.05, 0.1) is 12.7 Å². The Labute approximate surface area is 103 Å². The van der Waals surface area contributed by atoms with Crippen molar-refractivity contribution in [3.63, 3.8) is 0 Å². The van der Waals surface area contributed by atoms with Gasteiger partial charge in [0.1, 0.15) is 0 Å². The fourth-order valence-electron chi connectivity index (χ4n) is 1.50. The minimum absolute atomic E-state index is 0.0737. The van der Waals surface area contributed by atoms with Crippen molar-refractivity contribution in [3.8, 4) is 0 Å². The highest BCUT2D eigenvalue weighted by Gasteiger charge is 2.00. The second-order valence-electron chi connectivity index (χ2n) is 4.15. The molecule has 0 fully saturated rings. The van der Waals surface area contributed by atoms with Crippen molar-refractivity contribution in [2.75, 3.05) is 19.6 Å². The number of carbonyl (C=O) groups excluding carboxylic acids is 1. The molecule has 5 nitrogen and oxygen atoms in total. The Morgan fingerprint density at radius 1 is 1.47 bits per heavy atom. The maximum atomic E-state index is 11.3. The topological polar surface area (TPSA) is 59.0 Å². The Morgan fingerprint density at radius 3 is 2.94 bits per heavy atom. The number of unbranched alkanes of at least 4 members (excludes halogenated alkanes) is 1. The maximum Gasteiger partial charge on any atom is 0.233 e. The molecule has 0 radical (unpaired) electrons. The number of hydrogen-bond donors (Lipinski definition) is 2. The molecule has 1 amide bonds. The van der Waals surface area contributed by atoms with Gasteiger partial charge in [-0.05, 0) is 24.9 Å². The largest absolute Gasteiger partial charge is 0.355 e. The van der Waals surface area contributed by atoms with Gasteiger partial charge in [0, 0.05) is 19.8 Å². The Hall–Kier alpha value is -1.36. The quantitative estimate of drug-likeness (QED) is 0.647. The molecule has 0 aliphatic rings. The first-order valence-corrected chi connectivity index (χ1v) is 6.17. The number of rotatable bonds is 8. The van der Waals surface area contributed by atoms with Crippen LogP contribution in [-0.2, 0) is 18.3 Å². The average molecular weight is 238 g/mol. The van der Waals surface area contributed by atoms with E-state index in [2.05, 4.69) is 22.7 Å². The second kappa shape index (κ2) is 7.84. The summed E-state index contributed by atoms with van der Waals surface area (Å²) >= 11 is 0. The minimum atomic E-state index is 0.0737. The molecule has 0 aliphatic heterocycles. The van der Waals surface area contributed by atoms with Crippen LogP contribution in [0.2, 0.25) is 0 Å². The van der Waals surface area contributed by atoms with Gasteiger partial charge in [-0.2, -0.15) is 5.10 Å². The lowest BCUT2D eigenvalue weighted by atomic mass is 10.2. The van der Waals surface area contributed by atoms with E-state index in [9.17, 15) is 4.79 Å². The molecule has 0 spiro atoms. The van der Waals surface area contributed by atoms with Gasteiger partial charge in [0.25, 0.3) is 0 Å². The second-order valence-corrected chi connectivity index (χ2v) is 4.15. The zero-order valence-electron chi connectivity index (χ0n) is 10.7. The third-order valence-corrected chi connectivity index (χ3v) is 2.49. The van der Waals surface area contributed by atoms with E-state index in [1.54, 1.807) is 4.68 Å². The van der Waals surface area contributed by atoms with Crippen LogP contribution in [0, 0.1) is 0 Å². The molecule has 1 heterocycles. The standard InChI is InChI=1S/C12H22N4O/c1-3-4-6-14-12(17)9-13-7-5-11-8-15-16(2)10-11/h8,10,13H,3-7,9H2,1-2H3,(H,14,17). The van der Waals surface area contributed by atoms with E-state index in [4.69, 9.17) is 0 Å². The molecule has 0 aromatic carbocycles. The molecule has 96 valence electrons. The van der Waals surface area contributed by atoms with E-state index in [-0.39, 0.29) is 5.91 Å². The molecule has 0 saturated heterocycles. The molecule has 1 rings (SSSR count). The molecule has 0 unspecified atom stereocenters. The third kappa shape index (κ3) is 6.06. The maximum absolute atomic E-state index is 11.3. The van der Waals surface area contributed by atoms with Gasteiger partial charge in [0.15, 0.2) is 0 Å². The average Bonchev–Trinajstić information content (AvgIpc) is 2.71. The van der Waals surface area contributed by atoms with Crippen LogP contribution in [0.15, 0.2) is 12.4 Å². The summed E-state index contributed by atoms with van der Waals surface area (Å²) in [4.78, 5) is 11.3. The van der Waals surface area contributed by atoms with Crippen LogP contribution in [0.3, 0.4) is 0 Å². The van der Waals surface area contributed by atoms with Crippen molar-refractivity contribution in [2.24, 2.45) is 7.05 Å². The fraction of sp³-hybridized carbons (Fsp3) is 0.667. The summed E-state index contributed by atoms with van der Waals surface area (Å²) < 4.78 is 1.78. The lowest BCUT2D eigenvalue weighted by Crippen LogP contribution is -2.35. The van der Waals surface area contributed by atoms with Gasteiger partial charge in [-0.15, -0.1) is 0 Å². The van der Waals surface area contributed by atoms with E-state index in [0.717, 1.165) is 32.4 Å². The first-order chi connectivity index (χ1) is 8.22. The van der Waals surface area contributed by atoms with Crippen molar-refractivity contribution in [2.45, 2.75) is 26.2 Å². The summed E-state index contributed by atoms with van der Waals surface area (Å²) in [6.45, 7) is 4.08. The molecular formula is C12H22N4O. The van der Waals surface area contributed by atoms with Crippen LogP contribution in [0.5, 0.6) is 0 Å². The molecule has 0 aliphatic carbocycles. The summed E-state index contributed by atoms with van der Waals surface area (Å²) in [6, 6.07) is 0. The van der Waals surface area contributed by atoms with Gasteiger partial charge in [0.2, 0.25) is 5.91 Å². The number of carbonyl (C=O) groups is 1. The van der Waals surface area contributed by atoms with Crippen molar-refractivity contribution >= 4 is 5.91 Å². The minimum Gasteiger partial charge on any atom is -0.355 e. The SMILES string of the molecule is CCCCNC(=O)CNCCc1cnn(C)c1. The molecule has 1 aromatic rings. The highest BCUT2D eigenvalue weighted by atomic mass is 16.1. The Kier molecular flexibility index (Phi) is 6.32. The van der Waals surface area contributed by atoms with Crippen LogP contribution in [-0.4, -0.2) is 35.3 Å². The number of amides is 1. The highest BCUT2D eigenvalue weighted by Crippen LogP contribution is 1.95. The molecule has 17 heavy (non-hydrogen) atoms. The molecule has 0 atom stereocenters. The molecule has 0 saturated carbocycles. The van der Waals surface area contributed by atoms with E-state index < -0.39 is 0 Å². The van der Waals surface area contributed by atoms with Crippen molar-refractivity contribution < 1.29 is 4.79 Å². The first-order valence-electron chi connectivity index (χ1n) is 6.17. The normalized spacial score (nSPS) is 10.5. The number of aromatic nitrogens is 2. The highest BCUT2D eigenvalue weighted by molar-refractivity contribution is 5.77. The Bertz CT molecular complexity index is 335. The molecule has 5 heteroatoms. The molecule has 2 N–H and O–H groups in total. The van der Waals surface area contributed by atoms with Gasteiger partial charge in [-0.1, -0.05) is 13.3 Å². The zero-order valence-corrected chi connectivity index (χ0v) is 10.7. The Balaban J connectivity index is 2.02. The summed E-state index contributed by atoms with van der Waals surface area (Å²) in [5.41, 5.74) is 1.19. The van der Waals surface area contributed by atoms with E-state index in [0.29, 0.717) is 6.54 Å². The van der Waals surface area contributed by atoms with Gasteiger partial charge in [-0.3, -0.25) is 9.48 Å². The Morgan fingerprint density at radius 2 is 2.29 bits per heavy atom. The van der Waals surface area contributed by atoms with Crippen LogP contribution in [0.4, 0.5) is 0 Å². The van der Waals surface area contributed by atoms with Crippen LogP contribution in [0.1, 0.15) is 25.3 Å². The predicted octanol–water partition coefficient (Wildman–Crippen LogP) is 0.469. The van der Waals surface area contributed by atoms with Gasteiger partial charge >= 0.3 is 0 Å². The zero-order chi connectivity index (χ0) is 12.5. The molecular weight excluding hydrogens is 216 g/mol. The van der Waals surface area contributed by atoms with Crippen molar-refractivity contribution in [3.05, 3.63) is 18.0 Å². The predicted molar refractivity (Wildman–Crippen MR) is 67.7 cm³/mol. The van der Waals surface area contributed by atoms with Crippen molar-refractivity contribution in [1.29, 1.82) is 0 Å². The van der Waals surface area contributed by atoms with Gasteiger partial charge < -0.3 is 10.6 Å². The summed E-state index contributed by atoms with van der Waals surface area (Å²) in [5.74, 6) is 0.0737.